The highest BCUT2D eigenvalue weighted by Crippen LogP contribution is 2.71. The molecule has 1 spiro atoms. The highest BCUT2D eigenvalue weighted by Gasteiger charge is 2.69. The predicted molar refractivity (Wildman–Crippen MR) is 316 cm³/mol. The Morgan fingerprint density at radius 1 is 0.682 bits per heavy atom. The lowest BCUT2D eigenvalue weighted by molar-refractivity contribution is -0.368. The second kappa shape index (κ2) is 24.3. The molecule has 4 saturated heterocycles. The number of hydrogen-bond acceptors (Lipinski definition) is 16. The van der Waals surface area contributed by atoms with Crippen LogP contribution >= 0.6 is 0 Å². The Morgan fingerprint density at radius 3 is 1.85 bits per heavy atom. The normalized spacial score (nSPS) is 39.7. The third kappa shape index (κ3) is 12.0. The van der Waals surface area contributed by atoms with Crippen molar-refractivity contribution in [3.8, 4) is 0 Å². The number of aliphatic hydroxyl groups excluding tert-OH is 1. The lowest BCUT2D eigenvalue weighted by Crippen LogP contribution is -2.66. The Labute approximate surface area is 502 Å². The number of esters is 4. The Bertz CT molecular complexity index is 2890. The van der Waals surface area contributed by atoms with Crippen molar-refractivity contribution in [1.82, 2.24) is 0 Å². The van der Waals surface area contributed by atoms with Gasteiger partial charge in [0.25, 0.3) is 0 Å². The number of rotatable bonds is 14. The molecule has 3 saturated carbocycles. The van der Waals surface area contributed by atoms with Gasteiger partial charge in [0.2, 0.25) is 0 Å². The summed E-state index contributed by atoms with van der Waals surface area (Å²) in [6.45, 7) is 23.9. The van der Waals surface area contributed by atoms with E-state index in [0.717, 1.165) is 51.6 Å². The summed E-state index contributed by atoms with van der Waals surface area (Å²) in [5, 5.41) is 12.3. The lowest BCUT2D eigenvalue weighted by Gasteiger charge is -2.58. The summed E-state index contributed by atoms with van der Waals surface area (Å²) < 4.78 is 73.3. The van der Waals surface area contributed by atoms with E-state index in [1.165, 1.54) is 12.5 Å². The van der Waals surface area contributed by atoms with Gasteiger partial charge in [0, 0.05) is 19.3 Å². The number of ether oxygens (including phenoxy) is 10. The monoisotopic (exact) mass is 1190 g/mol. The molecule has 1 N–H and O–H groups in total. The molecule has 3 aromatic rings. The van der Waals surface area contributed by atoms with Crippen LogP contribution in [0.25, 0.3) is 0 Å². The zero-order valence-corrected chi connectivity index (χ0v) is 52.5. The molecule has 462 valence electrons. The van der Waals surface area contributed by atoms with Gasteiger partial charge in [0.05, 0.1) is 48.2 Å². The fourth-order valence-corrected chi connectivity index (χ4v) is 17.0. The molecule has 85 heavy (non-hydrogen) atoms. The number of allylic oxidation sites excluding steroid dienone is 1. The van der Waals surface area contributed by atoms with E-state index in [9.17, 15) is 24.3 Å². The van der Waals surface area contributed by atoms with Gasteiger partial charge in [-0.1, -0.05) is 115 Å². The van der Waals surface area contributed by atoms with Crippen molar-refractivity contribution in [3.63, 3.8) is 0 Å². The largest absolute Gasteiger partial charge is 0.457 e. The summed E-state index contributed by atoms with van der Waals surface area (Å²) >= 11 is 0. The summed E-state index contributed by atoms with van der Waals surface area (Å²) in [5.74, 6) is -0.626. The van der Waals surface area contributed by atoms with Crippen LogP contribution in [0.2, 0.25) is 18.1 Å². The van der Waals surface area contributed by atoms with Gasteiger partial charge >= 0.3 is 23.9 Å². The molecular formula is C68H90O16Si. The Balaban J connectivity index is 0.907. The van der Waals surface area contributed by atoms with E-state index in [1.807, 2.05) is 0 Å². The summed E-state index contributed by atoms with van der Waals surface area (Å²) in [6, 6.07) is 24.8. The quantitative estimate of drug-likeness (QED) is 0.0693. The van der Waals surface area contributed by atoms with Crippen molar-refractivity contribution in [2.75, 3.05) is 13.2 Å². The van der Waals surface area contributed by atoms with Gasteiger partial charge in [-0.25, -0.2) is 14.4 Å². The molecule has 4 aliphatic heterocycles. The minimum Gasteiger partial charge on any atom is -0.457 e. The number of carbonyl (C=O) groups is 4. The number of benzene rings is 3. The van der Waals surface area contributed by atoms with Crippen LogP contribution in [0.3, 0.4) is 0 Å². The fourth-order valence-electron chi connectivity index (χ4n) is 16.0. The molecule has 16 nitrogen and oxygen atoms in total. The van der Waals surface area contributed by atoms with Gasteiger partial charge in [0.15, 0.2) is 57.2 Å². The van der Waals surface area contributed by atoms with Crippen LogP contribution in [-0.4, -0.2) is 130 Å². The Morgan fingerprint density at radius 2 is 1.27 bits per heavy atom. The summed E-state index contributed by atoms with van der Waals surface area (Å²) in [6.07, 6.45) is -3.21. The molecule has 3 aromatic carbocycles. The van der Waals surface area contributed by atoms with Crippen LogP contribution in [0.5, 0.6) is 0 Å². The van der Waals surface area contributed by atoms with Crippen molar-refractivity contribution in [2.45, 2.75) is 218 Å². The molecular weight excluding hydrogens is 1100 g/mol. The van der Waals surface area contributed by atoms with E-state index >= 15 is 0 Å². The predicted octanol–water partition coefficient (Wildman–Crippen LogP) is 11.6. The van der Waals surface area contributed by atoms with Crippen LogP contribution in [-0.2, 0) is 56.6 Å². The lowest BCUT2D eigenvalue weighted by atomic mass is 9.47. The Kier molecular flexibility index (Phi) is 17.7. The Hall–Kier alpha value is -4.82. The van der Waals surface area contributed by atoms with Gasteiger partial charge in [-0.2, -0.15) is 0 Å². The number of aliphatic hydroxyl groups is 1. The molecule has 7 fully saturated rings. The third-order valence-electron chi connectivity index (χ3n) is 21.8. The van der Waals surface area contributed by atoms with Crippen LogP contribution < -0.4 is 0 Å². The molecule has 0 unspecified atom stereocenters. The summed E-state index contributed by atoms with van der Waals surface area (Å²) in [7, 11) is -2.45. The smallest absolute Gasteiger partial charge is 0.338 e. The first-order valence-electron chi connectivity index (χ1n) is 31.3. The molecule has 21 atom stereocenters. The molecule has 11 rings (SSSR count). The zero-order chi connectivity index (χ0) is 60.4. The average Bonchev–Trinajstić information content (AvgIpc) is 1.69. The second-order valence-electron chi connectivity index (χ2n) is 28.0. The first-order valence-corrected chi connectivity index (χ1v) is 34.2. The van der Waals surface area contributed by atoms with Crippen molar-refractivity contribution in [2.24, 2.45) is 46.3 Å². The van der Waals surface area contributed by atoms with Crippen LogP contribution in [0.15, 0.2) is 103 Å². The number of carbonyl (C=O) groups excluding carboxylic acids is 4. The third-order valence-corrected chi connectivity index (χ3v) is 26.3. The molecule has 0 radical (unpaired) electrons. The first kappa shape index (κ1) is 61.8. The topological polar surface area (TPSA) is 190 Å². The van der Waals surface area contributed by atoms with E-state index in [1.54, 1.807) is 97.9 Å². The fraction of sp³-hybridized carbons (Fsp3) is 0.647. The van der Waals surface area contributed by atoms with E-state index in [-0.39, 0.29) is 45.3 Å². The minimum absolute atomic E-state index is 0.0436. The van der Waals surface area contributed by atoms with E-state index in [0.29, 0.717) is 48.3 Å². The highest BCUT2D eigenvalue weighted by atomic mass is 28.4. The van der Waals surface area contributed by atoms with Gasteiger partial charge in [-0.15, -0.1) is 0 Å². The average molecular weight is 1190 g/mol. The standard InChI is InChI=1S/C68H90O16Si/c1-39-29-34-68(74-37-39)40(2)53-51(84-68)36-50-48-28-27-46-35-47(30-32-66(46,8)49(48)31-33-67(50,53)9)78-64-58(56(77-42(4)69)54(70)52(79-64)38-75-85(10,11)65(5,6)7)83-63-59(82-62(73)45-25-19-14-20-26-45)57(81-61(72)44-23-17-13-18-24-44)55(41(3)76-63)80-60(71)43-21-15-12-16-22-43/h12-27,39-41,47-59,63-64,70H,28-38H2,1-11H3/t39-,40+,41+,47+,48-,49+,50+,51+,52-,53+,54-,55+,56+,57-,58-,59-,63+,64-,66+,67+,68-/m1/s1. The van der Waals surface area contributed by atoms with Crippen molar-refractivity contribution < 1.29 is 76.1 Å². The SMILES string of the molecule is CC(=O)O[C@H]1[C@H](O)[C@@H](CO[Si](C)(C)C(C)(C)C)O[C@@H](O[C@H]2CC[C@@]3(C)C(=CC[C@H]4[C@@H]5C[C@@H]6O[C@]7(CC[C@@H](C)CO7)[C@@H](C)[C@@H]6[C@@]5(C)CC[C@@H]43)C2)[C@@H]1O[C@@H]1O[C@@H](C)[C@H](OC(=O)c2ccccc2)[C@@H](OC(=O)c2ccccc2)[C@H]1OC(=O)c1ccccc1. The maximum atomic E-state index is 14.4. The van der Waals surface area contributed by atoms with Crippen molar-refractivity contribution in [3.05, 3.63) is 119 Å². The molecule has 0 bridgehead atoms. The van der Waals surface area contributed by atoms with E-state index in [4.69, 9.17) is 51.8 Å². The number of fused-ring (bicyclic) bond motifs is 7. The van der Waals surface area contributed by atoms with Gasteiger partial charge in [-0.3, -0.25) is 4.79 Å². The maximum absolute atomic E-state index is 14.4. The number of hydrogen-bond donors (Lipinski definition) is 1. The summed E-state index contributed by atoms with van der Waals surface area (Å²) in [5.41, 5.74) is 2.02. The van der Waals surface area contributed by atoms with Crippen LogP contribution in [0.1, 0.15) is 151 Å². The molecule has 8 aliphatic rings. The van der Waals surface area contributed by atoms with Gasteiger partial charge < -0.3 is 56.9 Å². The molecule has 0 amide bonds. The second-order valence-corrected chi connectivity index (χ2v) is 32.8. The van der Waals surface area contributed by atoms with Crippen LogP contribution in [0, 0.1) is 46.3 Å². The van der Waals surface area contributed by atoms with Gasteiger partial charge in [-0.05, 0) is 153 Å². The molecule has 4 heterocycles. The minimum atomic E-state index is -2.45. The zero-order valence-electron chi connectivity index (χ0n) is 51.5. The van der Waals surface area contributed by atoms with Crippen molar-refractivity contribution >= 4 is 32.2 Å². The maximum Gasteiger partial charge on any atom is 0.338 e. The van der Waals surface area contributed by atoms with Gasteiger partial charge in [0.1, 0.15) is 12.2 Å². The molecule has 4 aliphatic carbocycles. The molecule has 17 heteroatoms. The summed E-state index contributed by atoms with van der Waals surface area (Å²) in [4.78, 5) is 56.0. The van der Waals surface area contributed by atoms with Crippen LogP contribution in [0.4, 0.5) is 0 Å². The highest BCUT2D eigenvalue weighted by molar-refractivity contribution is 6.74. The van der Waals surface area contributed by atoms with E-state index < -0.39 is 105 Å². The van der Waals surface area contributed by atoms with Crippen molar-refractivity contribution in [1.29, 1.82) is 0 Å². The molecule has 0 aromatic heterocycles. The first-order chi connectivity index (χ1) is 40.4. The van der Waals surface area contributed by atoms with E-state index in [2.05, 4.69) is 67.6 Å².